The van der Waals surface area contributed by atoms with Gasteiger partial charge in [-0.3, -0.25) is 9.59 Å². The molecule has 0 aromatic heterocycles. The minimum Gasteiger partial charge on any atom is -0.480 e. The predicted octanol–water partition coefficient (Wildman–Crippen LogP) is 1.54. The summed E-state index contributed by atoms with van der Waals surface area (Å²) < 4.78 is -0.546. The number of nitrogens with one attached hydrogen (secondary N) is 2. The summed E-state index contributed by atoms with van der Waals surface area (Å²) in [5.41, 5.74) is 5.60. The topological polar surface area (TPSA) is 125 Å². The van der Waals surface area contributed by atoms with Gasteiger partial charge in [0.25, 0.3) is 0 Å². The van der Waals surface area contributed by atoms with Gasteiger partial charge in [-0.25, -0.2) is 4.79 Å². The van der Waals surface area contributed by atoms with Crippen molar-refractivity contribution in [1.82, 2.24) is 15.5 Å². The van der Waals surface area contributed by atoms with Crippen molar-refractivity contribution in [2.24, 2.45) is 17.6 Å². The van der Waals surface area contributed by atoms with Crippen molar-refractivity contribution < 1.29 is 19.5 Å². The number of hydrogen-bond acceptors (Lipinski definition) is 7. The van der Waals surface area contributed by atoms with Crippen LogP contribution in [0.15, 0.2) is 0 Å². The summed E-state index contributed by atoms with van der Waals surface area (Å²) in [5.74, 6) is -0.770. The standard InChI is InChI=1S/C21H40N4O4S2/c1-12(2)8-14(19(28)29)24-17(26)16-20(5,6)31-11-25(16)18(27)15(13(3)4)23-9-21(7,22)10-30/h12-16,23,30H,8-11,22H2,1-7H3,(H,24,26)(H,28,29)/t14-,15-,16+,21?/m0/s1. The number of carboxylic acid groups (broad SMARTS) is 1. The van der Waals surface area contributed by atoms with Gasteiger partial charge in [0, 0.05) is 22.6 Å². The largest absolute Gasteiger partial charge is 0.480 e. The first-order chi connectivity index (χ1) is 14.1. The van der Waals surface area contributed by atoms with Crippen LogP contribution in [0.25, 0.3) is 0 Å². The number of carboxylic acids is 1. The van der Waals surface area contributed by atoms with Crippen LogP contribution in [-0.4, -0.2) is 74.4 Å². The fraction of sp³-hybridized carbons (Fsp3) is 0.857. The third-order valence-electron chi connectivity index (χ3n) is 5.42. The molecule has 0 saturated carbocycles. The Morgan fingerprint density at radius 3 is 2.32 bits per heavy atom. The monoisotopic (exact) mass is 476 g/mol. The molecule has 31 heavy (non-hydrogen) atoms. The molecule has 1 aliphatic heterocycles. The maximum Gasteiger partial charge on any atom is 0.326 e. The molecule has 0 radical (unpaired) electrons. The van der Waals surface area contributed by atoms with E-state index in [1.54, 1.807) is 4.90 Å². The minimum atomic E-state index is -1.07. The molecule has 1 heterocycles. The van der Waals surface area contributed by atoms with Gasteiger partial charge in [-0.15, -0.1) is 11.8 Å². The lowest BCUT2D eigenvalue weighted by molar-refractivity contribution is -0.145. The molecule has 0 spiro atoms. The van der Waals surface area contributed by atoms with Crippen LogP contribution in [0, 0.1) is 11.8 Å². The highest BCUT2D eigenvalue weighted by molar-refractivity contribution is 8.00. The highest BCUT2D eigenvalue weighted by atomic mass is 32.2. The summed E-state index contributed by atoms with van der Waals surface area (Å²) in [6, 6.07) is -2.27. The third kappa shape index (κ3) is 7.83. The van der Waals surface area contributed by atoms with Gasteiger partial charge < -0.3 is 26.4 Å². The fourth-order valence-corrected chi connectivity index (χ4v) is 4.79. The molecule has 5 N–H and O–H groups in total. The lowest BCUT2D eigenvalue weighted by Gasteiger charge is -2.35. The van der Waals surface area contributed by atoms with E-state index in [1.807, 2.05) is 48.5 Å². The van der Waals surface area contributed by atoms with Crippen LogP contribution >= 0.6 is 24.4 Å². The van der Waals surface area contributed by atoms with E-state index in [9.17, 15) is 19.5 Å². The van der Waals surface area contributed by atoms with Crippen molar-refractivity contribution >= 4 is 42.2 Å². The van der Waals surface area contributed by atoms with E-state index < -0.39 is 40.3 Å². The molecular weight excluding hydrogens is 436 g/mol. The summed E-state index contributed by atoms with van der Waals surface area (Å²) in [6.45, 7) is 13.8. The minimum absolute atomic E-state index is 0.0200. The van der Waals surface area contributed by atoms with Crippen LogP contribution < -0.4 is 16.4 Å². The van der Waals surface area contributed by atoms with E-state index in [2.05, 4.69) is 23.3 Å². The van der Waals surface area contributed by atoms with E-state index in [1.165, 1.54) is 11.8 Å². The second kappa shape index (κ2) is 11.2. The molecule has 180 valence electrons. The van der Waals surface area contributed by atoms with Gasteiger partial charge in [0.05, 0.1) is 11.9 Å². The Balaban J connectivity index is 3.08. The van der Waals surface area contributed by atoms with Crippen molar-refractivity contribution in [1.29, 1.82) is 0 Å². The first-order valence-electron chi connectivity index (χ1n) is 10.7. The fourth-order valence-electron chi connectivity index (χ4n) is 3.54. The summed E-state index contributed by atoms with van der Waals surface area (Å²) in [4.78, 5) is 39.9. The number of carbonyl (C=O) groups excluding carboxylic acids is 2. The van der Waals surface area contributed by atoms with Crippen LogP contribution in [0.3, 0.4) is 0 Å². The average molecular weight is 477 g/mol. The highest BCUT2D eigenvalue weighted by Gasteiger charge is 2.50. The molecule has 1 saturated heterocycles. The number of hydrogen-bond donors (Lipinski definition) is 5. The van der Waals surface area contributed by atoms with Crippen LogP contribution in [0.1, 0.15) is 54.9 Å². The zero-order valence-corrected chi connectivity index (χ0v) is 21.5. The highest BCUT2D eigenvalue weighted by Crippen LogP contribution is 2.40. The van der Waals surface area contributed by atoms with Crippen molar-refractivity contribution in [2.45, 2.75) is 83.3 Å². The lowest BCUT2D eigenvalue weighted by Crippen LogP contribution is -2.61. The molecule has 1 unspecified atom stereocenters. The smallest absolute Gasteiger partial charge is 0.326 e. The number of amides is 2. The maximum atomic E-state index is 13.5. The Morgan fingerprint density at radius 1 is 1.29 bits per heavy atom. The SMILES string of the molecule is CC(C)C[C@H](NC(=O)[C@H]1N(C(=O)[C@@H](NCC(C)(N)CS)C(C)C)CSC1(C)C)C(=O)O. The van der Waals surface area contributed by atoms with Crippen molar-refractivity contribution in [3.63, 3.8) is 0 Å². The zero-order valence-electron chi connectivity index (χ0n) is 19.8. The van der Waals surface area contributed by atoms with Crippen molar-refractivity contribution in [3.8, 4) is 0 Å². The number of thiol groups is 1. The Morgan fingerprint density at radius 2 is 1.87 bits per heavy atom. The molecule has 2 amide bonds. The Hall–Kier alpha value is -0.970. The number of rotatable bonds is 11. The van der Waals surface area contributed by atoms with Gasteiger partial charge >= 0.3 is 5.97 Å². The first-order valence-corrected chi connectivity index (χ1v) is 12.4. The molecule has 0 aromatic carbocycles. The molecule has 1 rings (SSSR count). The van der Waals surface area contributed by atoms with Gasteiger partial charge in [0.15, 0.2) is 0 Å². The van der Waals surface area contributed by atoms with E-state index in [4.69, 9.17) is 5.73 Å². The van der Waals surface area contributed by atoms with Gasteiger partial charge in [-0.05, 0) is 39.0 Å². The van der Waals surface area contributed by atoms with Crippen LogP contribution in [0.4, 0.5) is 0 Å². The second-order valence-electron chi connectivity index (χ2n) is 10.0. The maximum absolute atomic E-state index is 13.5. The van der Waals surface area contributed by atoms with Gasteiger partial charge in [0.1, 0.15) is 12.1 Å². The Labute approximate surface area is 196 Å². The van der Waals surface area contributed by atoms with Crippen LogP contribution in [-0.2, 0) is 14.4 Å². The molecule has 4 atom stereocenters. The van der Waals surface area contributed by atoms with Gasteiger partial charge in [-0.2, -0.15) is 12.6 Å². The van der Waals surface area contributed by atoms with Gasteiger partial charge in [-0.1, -0.05) is 27.7 Å². The lowest BCUT2D eigenvalue weighted by atomic mass is 9.96. The Kier molecular flexibility index (Phi) is 10.2. The molecule has 8 nitrogen and oxygen atoms in total. The molecular formula is C21H40N4O4S2. The van der Waals surface area contributed by atoms with E-state index >= 15 is 0 Å². The molecule has 1 aliphatic rings. The number of nitrogens with zero attached hydrogens (tertiary/aromatic N) is 1. The zero-order chi connectivity index (χ0) is 24.1. The van der Waals surface area contributed by atoms with Crippen LogP contribution in [0.2, 0.25) is 0 Å². The molecule has 10 heteroatoms. The van der Waals surface area contributed by atoms with E-state index in [0.29, 0.717) is 24.6 Å². The molecule has 0 aromatic rings. The first kappa shape index (κ1) is 28.1. The quantitative estimate of drug-likeness (QED) is 0.287. The summed E-state index contributed by atoms with van der Waals surface area (Å²) in [6.07, 6.45) is 0.324. The number of aliphatic carboxylic acids is 1. The summed E-state index contributed by atoms with van der Waals surface area (Å²) in [7, 11) is 0. The molecule has 0 bridgehead atoms. The number of nitrogens with two attached hydrogens (primary N) is 1. The summed E-state index contributed by atoms with van der Waals surface area (Å²) >= 11 is 5.78. The van der Waals surface area contributed by atoms with Crippen molar-refractivity contribution in [2.75, 3.05) is 18.2 Å². The third-order valence-corrected chi connectivity index (χ3v) is 7.52. The van der Waals surface area contributed by atoms with E-state index in [-0.39, 0.29) is 17.7 Å². The second-order valence-corrected chi connectivity index (χ2v) is 11.9. The molecule has 0 aliphatic carbocycles. The summed E-state index contributed by atoms with van der Waals surface area (Å²) in [5, 5.41) is 15.4. The molecule has 1 fully saturated rings. The van der Waals surface area contributed by atoms with Crippen LogP contribution in [0.5, 0.6) is 0 Å². The average Bonchev–Trinajstić information content (AvgIpc) is 2.95. The number of thioether (sulfide) groups is 1. The predicted molar refractivity (Wildman–Crippen MR) is 129 cm³/mol. The number of carbonyl (C=O) groups is 3. The van der Waals surface area contributed by atoms with Crippen molar-refractivity contribution in [3.05, 3.63) is 0 Å². The Bertz CT molecular complexity index is 655. The normalized spacial score (nSPS) is 22.3. The van der Waals surface area contributed by atoms with Gasteiger partial charge in [0.2, 0.25) is 11.8 Å². The van der Waals surface area contributed by atoms with E-state index in [0.717, 1.165) is 0 Å².